The van der Waals surface area contributed by atoms with E-state index in [1.807, 2.05) is 12.1 Å². The van der Waals surface area contributed by atoms with Crippen molar-refractivity contribution in [3.05, 3.63) is 71.4 Å². The van der Waals surface area contributed by atoms with Gasteiger partial charge in [0, 0.05) is 12.7 Å². The number of rotatable bonds is 4. The van der Waals surface area contributed by atoms with Gasteiger partial charge < -0.3 is 5.32 Å². The summed E-state index contributed by atoms with van der Waals surface area (Å²) < 4.78 is 1.56. The predicted octanol–water partition coefficient (Wildman–Crippen LogP) is 2.25. The quantitative estimate of drug-likeness (QED) is 0.802. The number of nitrogens with one attached hydrogen (secondary N) is 1. The fourth-order valence-corrected chi connectivity index (χ4v) is 2.13. The monoisotopic (exact) mass is 313 g/mol. The first kappa shape index (κ1) is 14.2. The molecule has 0 aliphatic heterocycles. The lowest BCUT2D eigenvalue weighted by molar-refractivity contribution is 0.0951. The number of carbonyl (C=O) groups excluding carboxylic acids is 1. The molecule has 0 saturated carbocycles. The lowest BCUT2D eigenvalue weighted by Gasteiger charge is -2.07. The maximum Gasteiger partial charge on any atom is 0.253 e. The van der Waals surface area contributed by atoms with E-state index in [0.717, 1.165) is 5.56 Å². The maximum atomic E-state index is 12.1. The van der Waals surface area contributed by atoms with E-state index in [0.29, 0.717) is 22.9 Å². The average Bonchev–Trinajstić information content (AvgIpc) is 3.08. The molecule has 1 N–H and O–H groups in total. The van der Waals surface area contributed by atoms with Crippen LogP contribution in [-0.4, -0.2) is 25.7 Å². The van der Waals surface area contributed by atoms with E-state index in [-0.39, 0.29) is 5.91 Å². The van der Waals surface area contributed by atoms with Gasteiger partial charge in [0.2, 0.25) is 0 Å². The minimum Gasteiger partial charge on any atom is -0.348 e. The molecule has 6 nitrogen and oxygen atoms in total. The van der Waals surface area contributed by atoms with Crippen LogP contribution in [0.2, 0.25) is 5.02 Å². The summed E-state index contributed by atoms with van der Waals surface area (Å²) in [7, 11) is 0. The van der Waals surface area contributed by atoms with Gasteiger partial charge in [0.05, 0.1) is 10.6 Å². The molecule has 2 aromatic heterocycles. The predicted molar refractivity (Wildman–Crippen MR) is 81.8 cm³/mol. The Hall–Kier alpha value is -2.73. The zero-order chi connectivity index (χ0) is 15.4. The third-order valence-electron chi connectivity index (χ3n) is 3.03. The number of benzene rings is 1. The van der Waals surface area contributed by atoms with Gasteiger partial charge in [-0.05, 0) is 23.8 Å². The van der Waals surface area contributed by atoms with Crippen LogP contribution in [0.15, 0.2) is 55.2 Å². The van der Waals surface area contributed by atoms with Crippen LogP contribution < -0.4 is 5.32 Å². The Morgan fingerprint density at radius 3 is 2.77 bits per heavy atom. The third kappa shape index (κ3) is 3.12. The van der Waals surface area contributed by atoms with E-state index in [2.05, 4.69) is 20.4 Å². The van der Waals surface area contributed by atoms with E-state index in [1.165, 1.54) is 6.33 Å². The Labute approximate surface area is 131 Å². The van der Waals surface area contributed by atoms with Crippen molar-refractivity contribution < 1.29 is 4.79 Å². The number of aromatic nitrogens is 4. The first-order valence-electron chi connectivity index (χ1n) is 6.57. The number of pyridine rings is 1. The van der Waals surface area contributed by atoms with Crippen LogP contribution in [0.4, 0.5) is 0 Å². The average molecular weight is 314 g/mol. The molecule has 3 rings (SSSR count). The Morgan fingerprint density at radius 1 is 1.23 bits per heavy atom. The number of carbonyl (C=O) groups is 1. The molecule has 0 unspecified atom stereocenters. The van der Waals surface area contributed by atoms with Crippen molar-refractivity contribution in [2.75, 3.05) is 0 Å². The number of amides is 1. The van der Waals surface area contributed by atoms with Crippen LogP contribution in [-0.2, 0) is 6.54 Å². The Kier molecular flexibility index (Phi) is 4.11. The van der Waals surface area contributed by atoms with Gasteiger partial charge in [-0.25, -0.2) is 14.6 Å². The van der Waals surface area contributed by atoms with E-state index in [9.17, 15) is 4.79 Å². The number of hydrogen-bond acceptors (Lipinski definition) is 4. The van der Waals surface area contributed by atoms with Crippen molar-refractivity contribution in [2.45, 2.75) is 6.54 Å². The summed E-state index contributed by atoms with van der Waals surface area (Å²) >= 11 is 5.99. The summed E-state index contributed by atoms with van der Waals surface area (Å²) in [6.07, 6.45) is 4.70. The fraction of sp³-hybridized carbons (Fsp3) is 0.0667. The standard InChI is InChI=1S/C15H12ClN5O/c16-13-4-2-1-3-12(13)15(22)19-8-11-5-6-14(18-7-11)21-10-17-9-20-21/h1-7,9-10H,8H2,(H,19,22). The van der Waals surface area contributed by atoms with Gasteiger partial charge in [-0.3, -0.25) is 4.79 Å². The molecule has 0 saturated heterocycles. The first-order chi connectivity index (χ1) is 10.7. The zero-order valence-electron chi connectivity index (χ0n) is 11.5. The SMILES string of the molecule is O=C(NCc1ccc(-n2cncn2)nc1)c1ccccc1Cl. The van der Waals surface area contributed by atoms with Crippen molar-refractivity contribution in [3.63, 3.8) is 0 Å². The molecular weight excluding hydrogens is 302 g/mol. The highest BCUT2D eigenvalue weighted by Gasteiger charge is 2.09. The summed E-state index contributed by atoms with van der Waals surface area (Å²) in [6.45, 7) is 0.370. The lowest BCUT2D eigenvalue weighted by Crippen LogP contribution is -2.23. The first-order valence-corrected chi connectivity index (χ1v) is 6.94. The largest absolute Gasteiger partial charge is 0.348 e. The van der Waals surface area contributed by atoms with Gasteiger partial charge in [-0.1, -0.05) is 29.8 Å². The van der Waals surface area contributed by atoms with Gasteiger partial charge >= 0.3 is 0 Å². The lowest BCUT2D eigenvalue weighted by atomic mass is 10.2. The second kappa shape index (κ2) is 6.36. The van der Waals surface area contributed by atoms with Crippen molar-refractivity contribution in [3.8, 4) is 5.82 Å². The molecule has 1 amide bonds. The zero-order valence-corrected chi connectivity index (χ0v) is 12.2. The highest BCUT2D eigenvalue weighted by molar-refractivity contribution is 6.33. The maximum absolute atomic E-state index is 12.1. The summed E-state index contributed by atoms with van der Waals surface area (Å²) in [5.74, 6) is 0.449. The summed E-state index contributed by atoms with van der Waals surface area (Å²) in [5, 5.41) is 7.24. The van der Waals surface area contributed by atoms with Crippen LogP contribution in [0.3, 0.4) is 0 Å². The topological polar surface area (TPSA) is 72.7 Å². The number of hydrogen-bond donors (Lipinski definition) is 1. The third-order valence-corrected chi connectivity index (χ3v) is 3.36. The second-order valence-electron chi connectivity index (χ2n) is 4.53. The van der Waals surface area contributed by atoms with Crippen LogP contribution in [0, 0.1) is 0 Å². The summed E-state index contributed by atoms with van der Waals surface area (Å²) in [6, 6.07) is 10.6. The van der Waals surface area contributed by atoms with E-state index < -0.39 is 0 Å². The van der Waals surface area contributed by atoms with Gasteiger partial charge in [0.1, 0.15) is 12.7 Å². The number of halogens is 1. The minimum atomic E-state index is -0.217. The number of nitrogens with zero attached hydrogens (tertiary/aromatic N) is 4. The molecule has 3 aromatic rings. The molecule has 1 aromatic carbocycles. The molecule has 0 aliphatic carbocycles. The molecule has 0 bridgehead atoms. The van der Waals surface area contributed by atoms with Crippen molar-refractivity contribution in [1.82, 2.24) is 25.1 Å². The smallest absolute Gasteiger partial charge is 0.253 e. The molecule has 0 radical (unpaired) electrons. The minimum absolute atomic E-state index is 0.217. The van der Waals surface area contributed by atoms with Crippen molar-refractivity contribution in [2.24, 2.45) is 0 Å². The molecule has 0 fully saturated rings. The second-order valence-corrected chi connectivity index (χ2v) is 4.93. The van der Waals surface area contributed by atoms with Gasteiger partial charge in [-0.2, -0.15) is 5.10 Å². The highest BCUT2D eigenvalue weighted by Crippen LogP contribution is 2.14. The molecule has 22 heavy (non-hydrogen) atoms. The molecule has 2 heterocycles. The van der Waals surface area contributed by atoms with Crippen LogP contribution >= 0.6 is 11.6 Å². The highest BCUT2D eigenvalue weighted by atomic mass is 35.5. The Balaban J connectivity index is 1.64. The summed E-state index contributed by atoms with van der Waals surface area (Å²) in [4.78, 5) is 20.2. The van der Waals surface area contributed by atoms with Crippen molar-refractivity contribution in [1.29, 1.82) is 0 Å². The Morgan fingerprint density at radius 2 is 2.09 bits per heavy atom. The molecule has 7 heteroatoms. The Bertz CT molecular complexity index is 771. The normalized spacial score (nSPS) is 10.4. The molecule has 0 spiro atoms. The van der Waals surface area contributed by atoms with Gasteiger partial charge in [-0.15, -0.1) is 0 Å². The van der Waals surface area contributed by atoms with Gasteiger partial charge in [0.15, 0.2) is 5.82 Å². The van der Waals surface area contributed by atoms with E-state index in [1.54, 1.807) is 41.5 Å². The van der Waals surface area contributed by atoms with Crippen LogP contribution in [0.25, 0.3) is 5.82 Å². The molecule has 0 atom stereocenters. The van der Waals surface area contributed by atoms with Crippen LogP contribution in [0.5, 0.6) is 0 Å². The van der Waals surface area contributed by atoms with Gasteiger partial charge in [0.25, 0.3) is 5.91 Å². The van der Waals surface area contributed by atoms with Crippen molar-refractivity contribution >= 4 is 17.5 Å². The molecule has 0 aliphatic rings. The van der Waals surface area contributed by atoms with Crippen LogP contribution in [0.1, 0.15) is 15.9 Å². The van der Waals surface area contributed by atoms with E-state index in [4.69, 9.17) is 11.6 Å². The molecular formula is C15H12ClN5O. The fourth-order valence-electron chi connectivity index (χ4n) is 1.91. The summed E-state index contributed by atoms with van der Waals surface area (Å²) in [5.41, 5.74) is 1.33. The van der Waals surface area contributed by atoms with E-state index >= 15 is 0 Å². The molecule has 110 valence electrons.